The van der Waals surface area contributed by atoms with Crippen LogP contribution in [0.5, 0.6) is 0 Å². The molecule has 1 aliphatic carbocycles. The van der Waals surface area contributed by atoms with Gasteiger partial charge in [0.25, 0.3) is 0 Å². The second kappa shape index (κ2) is 3.33. The van der Waals surface area contributed by atoms with Gasteiger partial charge in [0.15, 0.2) is 0 Å². The van der Waals surface area contributed by atoms with E-state index in [0.29, 0.717) is 11.3 Å². The molecule has 0 aromatic heterocycles. The summed E-state index contributed by atoms with van der Waals surface area (Å²) in [4.78, 5) is 0.164. The fourth-order valence-corrected chi connectivity index (χ4v) is 2.05. The zero-order valence-corrected chi connectivity index (χ0v) is 7.98. The lowest BCUT2D eigenvalue weighted by Gasteiger charge is -2.14. The van der Waals surface area contributed by atoms with Crippen molar-refractivity contribution in [1.82, 2.24) is 0 Å². The largest absolute Gasteiger partial charge is 0.401 e. The Morgan fingerprint density at radius 2 is 2.08 bits per heavy atom. The van der Waals surface area contributed by atoms with E-state index in [1.54, 1.807) is 19.1 Å². The number of halogens is 1. The van der Waals surface area contributed by atoms with Crippen LogP contribution in [0.4, 0.5) is 0 Å². The summed E-state index contributed by atoms with van der Waals surface area (Å²) in [6.45, 7) is 1.68. The van der Waals surface area contributed by atoms with E-state index in [1.165, 1.54) is 0 Å². The monoisotopic (exact) mass is 205 g/mol. The van der Waals surface area contributed by atoms with Crippen molar-refractivity contribution >= 4 is 26.8 Å². The SMILES string of the molecule is CC1=CC=C(N)C(Cl)C1=S(=O)=O. The molecule has 2 N–H and O–H groups in total. The Hall–Kier alpha value is -0.740. The van der Waals surface area contributed by atoms with Crippen LogP contribution in [-0.2, 0) is 10.3 Å². The molecule has 0 aromatic carbocycles. The molecular formula is C7H8ClNO2S. The van der Waals surface area contributed by atoms with Crippen LogP contribution in [0.1, 0.15) is 6.92 Å². The van der Waals surface area contributed by atoms with Crippen LogP contribution >= 0.6 is 11.6 Å². The summed E-state index contributed by atoms with van der Waals surface area (Å²) in [5.74, 6) is 0. The van der Waals surface area contributed by atoms with Crippen LogP contribution in [0.15, 0.2) is 23.4 Å². The first-order valence-electron chi connectivity index (χ1n) is 3.28. The maximum Gasteiger partial charge on any atom is 0.219 e. The van der Waals surface area contributed by atoms with Crippen molar-refractivity contribution in [3.8, 4) is 0 Å². The van der Waals surface area contributed by atoms with Crippen molar-refractivity contribution in [3.05, 3.63) is 23.4 Å². The fraction of sp³-hybridized carbons (Fsp3) is 0.286. The molecule has 1 rings (SSSR count). The molecule has 5 heteroatoms. The van der Waals surface area contributed by atoms with E-state index in [2.05, 4.69) is 0 Å². The molecule has 1 aliphatic rings. The van der Waals surface area contributed by atoms with E-state index in [1.807, 2.05) is 0 Å². The Bertz CT molecular complexity index is 384. The quantitative estimate of drug-likeness (QED) is 0.462. The van der Waals surface area contributed by atoms with Gasteiger partial charge in [-0.1, -0.05) is 6.08 Å². The van der Waals surface area contributed by atoms with Gasteiger partial charge in [-0.2, -0.15) is 8.42 Å². The molecule has 0 aromatic rings. The minimum atomic E-state index is -2.29. The first kappa shape index (κ1) is 9.35. The lowest BCUT2D eigenvalue weighted by molar-refractivity contribution is 0.627. The van der Waals surface area contributed by atoms with E-state index in [-0.39, 0.29) is 4.86 Å². The fourth-order valence-electron chi connectivity index (χ4n) is 0.955. The lowest BCUT2D eigenvalue weighted by atomic mass is 10.0. The number of hydrogen-bond acceptors (Lipinski definition) is 3. The number of alkyl halides is 1. The Labute approximate surface area is 77.0 Å². The minimum Gasteiger partial charge on any atom is -0.401 e. The molecule has 0 saturated carbocycles. The number of allylic oxidation sites excluding steroid dienone is 4. The van der Waals surface area contributed by atoms with Gasteiger partial charge in [-0.3, -0.25) is 0 Å². The third-order valence-corrected chi connectivity index (χ3v) is 3.13. The molecule has 0 aliphatic heterocycles. The Balaban J connectivity index is 3.34. The van der Waals surface area contributed by atoms with Gasteiger partial charge in [0.1, 0.15) is 5.38 Å². The standard InChI is InChI=1S/C7H8ClNO2S/c1-4-2-3-5(9)6(8)7(4)12(10)11/h2-3,6H,9H2,1H3. The lowest BCUT2D eigenvalue weighted by Crippen LogP contribution is -2.26. The van der Waals surface area contributed by atoms with Crippen molar-refractivity contribution in [2.24, 2.45) is 5.73 Å². The van der Waals surface area contributed by atoms with Gasteiger partial charge in [0.05, 0.1) is 4.86 Å². The van der Waals surface area contributed by atoms with Crippen molar-refractivity contribution in [2.75, 3.05) is 0 Å². The average molecular weight is 206 g/mol. The van der Waals surface area contributed by atoms with Gasteiger partial charge < -0.3 is 5.73 Å². The molecule has 0 saturated heterocycles. The molecule has 0 bridgehead atoms. The minimum absolute atomic E-state index is 0.164. The van der Waals surface area contributed by atoms with Gasteiger partial charge in [0.2, 0.25) is 10.3 Å². The number of rotatable bonds is 0. The number of nitrogens with two attached hydrogens (primary N) is 1. The van der Waals surface area contributed by atoms with Crippen molar-refractivity contribution in [3.63, 3.8) is 0 Å². The highest BCUT2D eigenvalue weighted by molar-refractivity contribution is 7.73. The molecule has 3 nitrogen and oxygen atoms in total. The van der Waals surface area contributed by atoms with Crippen LogP contribution in [-0.4, -0.2) is 18.7 Å². The summed E-state index contributed by atoms with van der Waals surface area (Å²) in [6.07, 6.45) is 3.25. The Morgan fingerprint density at radius 3 is 2.50 bits per heavy atom. The summed E-state index contributed by atoms with van der Waals surface area (Å²) >= 11 is 5.76. The van der Waals surface area contributed by atoms with E-state index in [9.17, 15) is 8.42 Å². The second-order valence-corrected chi connectivity index (χ2v) is 3.82. The summed E-state index contributed by atoms with van der Waals surface area (Å²) in [6, 6.07) is 0. The maximum absolute atomic E-state index is 10.7. The highest BCUT2D eigenvalue weighted by atomic mass is 35.5. The van der Waals surface area contributed by atoms with Gasteiger partial charge in [-0.25, -0.2) is 0 Å². The molecule has 1 atom stereocenters. The van der Waals surface area contributed by atoms with E-state index in [4.69, 9.17) is 17.3 Å². The summed E-state index contributed by atoms with van der Waals surface area (Å²) < 4.78 is 21.4. The van der Waals surface area contributed by atoms with E-state index in [0.717, 1.165) is 0 Å². The molecule has 0 fully saturated rings. The number of hydrogen-bond donors (Lipinski definition) is 1. The van der Waals surface area contributed by atoms with Gasteiger partial charge in [0, 0.05) is 5.70 Å². The topological polar surface area (TPSA) is 60.2 Å². The Kier molecular flexibility index (Phi) is 2.59. The molecule has 0 radical (unpaired) electrons. The van der Waals surface area contributed by atoms with Gasteiger partial charge >= 0.3 is 0 Å². The summed E-state index contributed by atoms with van der Waals surface area (Å²) in [5, 5.41) is -0.715. The molecular weight excluding hydrogens is 198 g/mol. The average Bonchev–Trinajstić information content (AvgIpc) is 1.97. The van der Waals surface area contributed by atoms with Crippen LogP contribution in [0, 0.1) is 0 Å². The van der Waals surface area contributed by atoms with Crippen molar-refractivity contribution < 1.29 is 8.42 Å². The zero-order chi connectivity index (χ0) is 9.30. The van der Waals surface area contributed by atoms with Crippen LogP contribution in [0.3, 0.4) is 0 Å². The molecule has 66 valence electrons. The van der Waals surface area contributed by atoms with Crippen molar-refractivity contribution in [1.29, 1.82) is 0 Å². The molecule has 0 heterocycles. The van der Waals surface area contributed by atoms with Crippen LogP contribution in [0.2, 0.25) is 0 Å². The van der Waals surface area contributed by atoms with Crippen LogP contribution in [0.25, 0.3) is 0 Å². The van der Waals surface area contributed by atoms with Gasteiger partial charge in [-0.15, -0.1) is 11.6 Å². The molecule has 0 spiro atoms. The van der Waals surface area contributed by atoms with Crippen molar-refractivity contribution in [2.45, 2.75) is 12.3 Å². The summed E-state index contributed by atoms with van der Waals surface area (Å²) in [7, 11) is -2.29. The Morgan fingerprint density at radius 1 is 1.50 bits per heavy atom. The van der Waals surface area contributed by atoms with Gasteiger partial charge in [-0.05, 0) is 18.6 Å². The predicted molar refractivity (Wildman–Crippen MR) is 49.6 cm³/mol. The van der Waals surface area contributed by atoms with E-state index >= 15 is 0 Å². The highest BCUT2D eigenvalue weighted by Crippen LogP contribution is 2.17. The zero-order valence-electron chi connectivity index (χ0n) is 6.41. The molecule has 0 amide bonds. The normalized spacial score (nSPS) is 23.2. The highest BCUT2D eigenvalue weighted by Gasteiger charge is 2.21. The van der Waals surface area contributed by atoms with Crippen LogP contribution < -0.4 is 5.73 Å². The smallest absolute Gasteiger partial charge is 0.219 e. The predicted octanol–water partition coefficient (Wildman–Crippen LogP) is 0.448. The maximum atomic E-state index is 10.7. The third-order valence-electron chi connectivity index (χ3n) is 1.62. The first-order chi connectivity index (χ1) is 5.54. The third kappa shape index (κ3) is 1.54. The second-order valence-electron chi connectivity index (χ2n) is 2.48. The summed E-state index contributed by atoms with van der Waals surface area (Å²) in [5.41, 5.74) is 6.46. The van der Waals surface area contributed by atoms with E-state index < -0.39 is 15.7 Å². The first-order valence-corrected chi connectivity index (χ1v) is 4.79. The molecule has 12 heavy (non-hydrogen) atoms. The molecule has 1 unspecified atom stereocenters.